The van der Waals surface area contributed by atoms with Gasteiger partial charge < -0.3 is 14.5 Å². The Balaban J connectivity index is 0.000000431. The summed E-state index contributed by atoms with van der Waals surface area (Å²) < 4.78 is 52.7. The van der Waals surface area contributed by atoms with E-state index in [1.165, 1.54) is 19.1 Å². The van der Waals surface area contributed by atoms with Crippen LogP contribution in [0, 0.1) is 5.82 Å². The van der Waals surface area contributed by atoms with Gasteiger partial charge in [-0.15, -0.1) is 0 Å². The predicted molar refractivity (Wildman–Crippen MR) is 85.5 cm³/mol. The molecule has 0 amide bonds. The highest BCUT2D eigenvalue weighted by atomic mass is 19.4. The maximum Gasteiger partial charge on any atom is 0.417 e. The SMILES string of the molecule is CCC(=O)[O-].Fc1cccc(Cn2ccc3cc(C(F)(F)F)cnc32)c1. The topological polar surface area (TPSA) is 57.9 Å². The van der Waals surface area contributed by atoms with Crippen LogP contribution < -0.4 is 5.11 Å². The monoisotopic (exact) mass is 367 g/mol. The van der Waals surface area contributed by atoms with Crippen molar-refractivity contribution >= 4 is 17.0 Å². The van der Waals surface area contributed by atoms with Gasteiger partial charge in [-0.25, -0.2) is 9.37 Å². The van der Waals surface area contributed by atoms with Gasteiger partial charge in [-0.3, -0.25) is 0 Å². The van der Waals surface area contributed by atoms with Gasteiger partial charge in [0.05, 0.1) is 5.56 Å². The minimum Gasteiger partial charge on any atom is -0.550 e. The molecular weight excluding hydrogens is 352 g/mol. The van der Waals surface area contributed by atoms with Gasteiger partial charge in [0.15, 0.2) is 0 Å². The zero-order valence-corrected chi connectivity index (χ0v) is 13.8. The van der Waals surface area contributed by atoms with Crippen molar-refractivity contribution in [3.8, 4) is 0 Å². The smallest absolute Gasteiger partial charge is 0.417 e. The molecule has 0 radical (unpaired) electrons. The van der Waals surface area contributed by atoms with Gasteiger partial charge in [0.1, 0.15) is 11.5 Å². The molecule has 0 bridgehead atoms. The minimum absolute atomic E-state index is 0.111. The average molecular weight is 367 g/mol. The Morgan fingerprint density at radius 1 is 1.23 bits per heavy atom. The first-order valence-electron chi connectivity index (χ1n) is 7.67. The molecule has 2 aromatic heterocycles. The first-order chi connectivity index (χ1) is 12.2. The van der Waals surface area contributed by atoms with E-state index in [1.54, 1.807) is 29.0 Å². The van der Waals surface area contributed by atoms with Crippen LogP contribution in [0.1, 0.15) is 24.5 Å². The van der Waals surface area contributed by atoms with Crippen molar-refractivity contribution in [1.82, 2.24) is 9.55 Å². The number of hydrogen-bond donors (Lipinski definition) is 0. The molecule has 2 heterocycles. The van der Waals surface area contributed by atoms with Crippen molar-refractivity contribution in [2.75, 3.05) is 0 Å². The number of aromatic nitrogens is 2. The Bertz CT molecular complexity index is 904. The highest BCUT2D eigenvalue weighted by molar-refractivity contribution is 5.76. The third-order valence-corrected chi connectivity index (χ3v) is 3.46. The Morgan fingerprint density at radius 2 is 1.92 bits per heavy atom. The van der Waals surface area contributed by atoms with Gasteiger partial charge >= 0.3 is 6.18 Å². The van der Waals surface area contributed by atoms with E-state index >= 15 is 0 Å². The molecule has 0 saturated carbocycles. The number of hydrogen-bond acceptors (Lipinski definition) is 3. The zero-order valence-electron chi connectivity index (χ0n) is 13.8. The Hall–Kier alpha value is -2.90. The van der Waals surface area contributed by atoms with Crippen LogP contribution in [0.2, 0.25) is 0 Å². The molecule has 0 aliphatic rings. The van der Waals surface area contributed by atoms with Gasteiger partial charge in [0, 0.05) is 30.3 Å². The number of benzene rings is 1. The lowest BCUT2D eigenvalue weighted by Gasteiger charge is -2.08. The van der Waals surface area contributed by atoms with Crippen LogP contribution in [0.4, 0.5) is 17.6 Å². The second kappa shape index (κ2) is 7.99. The second-order valence-corrected chi connectivity index (χ2v) is 5.43. The van der Waals surface area contributed by atoms with Crippen LogP contribution in [0.5, 0.6) is 0 Å². The van der Waals surface area contributed by atoms with E-state index in [4.69, 9.17) is 0 Å². The molecule has 0 atom stereocenters. The Kier molecular flexibility index (Phi) is 5.97. The molecule has 8 heteroatoms. The summed E-state index contributed by atoms with van der Waals surface area (Å²) in [6, 6.07) is 8.69. The molecular formula is C18H15F4N2O2-. The number of nitrogens with zero attached hydrogens (tertiary/aromatic N) is 2. The lowest BCUT2D eigenvalue weighted by Crippen LogP contribution is -2.19. The van der Waals surface area contributed by atoms with Crippen molar-refractivity contribution < 1.29 is 27.5 Å². The van der Waals surface area contributed by atoms with Crippen LogP contribution >= 0.6 is 0 Å². The van der Waals surface area contributed by atoms with Crippen LogP contribution in [0.25, 0.3) is 11.0 Å². The fourth-order valence-electron chi connectivity index (χ4n) is 2.19. The van der Waals surface area contributed by atoms with Gasteiger partial charge in [0.2, 0.25) is 0 Å². The molecule has 0 aliphatic heterocycles. The molecule has 4 nitrogen and oxygen atoms in total. The number of carbonyl (C=O) groups excluding carboxylic acids is 1. The number of fused-ring (bicyclic) bond motifs is 1. The summed E-state index contributed by atoms with van der Waals surface area (Å²) in [7, 11) is 0. The summed E-state index contributed by atoms with van der Waals surface area (Å²) in [6.45, 7) is 1.88. The summed E-state index contributed by atoms with van der Waals surface area (Å²) >= 11 is 0. The number of pyridine rings is 1. The molecule has 0 spiro atoms. The molecule has 138 valence electrons. The summed E-state index contributed by atoms with van der Waals surface area (Å²) in [5.41, 5.74) is 0.375. The first kappa shape index (κ1) is 19.4. The van der Waals surface area contributed by atoms with E-state index in [0.717, 1.165) is 12.3 Å². The molecule has 0 saturated heterocycles. The molecule has 1 aromatic carbocycles. The number of carboxylic acid groups (broad SMARTS) is 1. The molecule has 0 N–H and O–H groups in total. The molecule has 3 rings (SSSR count). The first-order valence-corrected chi connectivity index (χ1v) is 7.67. The van der Waals surface area contributed by atoms with Crippen molar-refractivity contribution in [3.63, 3.8) is 0 Å². The number of halogens is 4. The number of carbonyl (C=O) groups is 1. The van der Waals surface area contributed by atoms with Crippen LogP contribution in [-0.2, 0) is 17.5 Å². The highest BCUT2D eigenvalue weighted by Gasteiger charge is 2.31. The van der Waals surface area contributed by atoms with E-state index in [-0.39, 0.29) is 12.2 Å². The number of carboxylic acids is 1. The van der Waals surface area contributed by atoms with Crippen LogP contribution in [-0.4, -0.2) is 15.5 Å². The van der Waals surface area contributed by atoms with Gasteiger partial charge in [-0.05, 0) is 36.2 Å². The molecule has 3 aromatic rings. The summed E-state index contributed by atoms with van der Waals surface area (Å²) in [6.07, 6.45) is -1.85. The largest absolute Gasteiger partial charge is 0.550 e. The van der Waals surface area contributed by atoms with E-state index in [0.29, 0.717) is 23.1 Å². The van der Waals surface area contributed by atoms with Crippen LogP contribution in [0.15, 0.2) is 48.8 Å². The molecule has 0 fully saturated rings. The third-order valence-electron chi connectivity index (χ3n) is 3.46. The normalized spacial score (nSPS) is 11.1. The summed E-state index contributed by atoms with van der Waals surface area (Å²) in [5.74, 6) is -1.35. The van der Waals surface area contributed by atoms with Gasteiger partial charge in [0.25, 0.3) is 0 Å². The van der Waals surface area contributed by atoms with Crippen molar-refractivity contribution in [2.45, 2.75) is 26.1 Å². The summed E-state index contributed by atoms with van der Waals surface area (Å²) in [5, 5.41) is 9.66. The lowest BCUT2D eigenvalue weighted by atomic mass is 10.2. The standard InChI is InChI=1S/C15H10F4N2.C3H6O2/c16-13-3-1-2-10(6-13)9-21-5-4-11-7-12(15(17,18)19)8-20-14(11)21;1-2-3(4)5/h1-8H,9H2;2H2,1H3,(H,4,5)/p-1. The second-order valence-electron chi connectivity index (χ2n) is 5.43. The quantitative estimate of drug-likeness (QED) is 0.667. The number of rotatable bonds is 3. The molecule has 26 heavy (non-hydrogen) atoms. The van der Waals surface area contributed by atoms with E-state index in [1.807, 2.05) is 0 Å². The molecule has 0 aliphatic carbocycles. The van der Waals surface area contributed by atoms with Gasteiger partial charge in [-0.1, -0.05) is 19.1 Å². The van der Waals surface area contributed by atoms with E-state index < -0.39 is 17.7 Å². The van der Waals surface area contributed by atoms with Crippen LogP contribution in [0.3, 0.4) is 0 Å². The van der Waals surface area contributed by atoms with E-state index in [9.17, 15) is 27.5 Å². The maximum atomic E-state index is 13.1. The minimum atomic E-state index is -4.41. The lowest BCUT2D eigenvalue weighted by molar-refractivity contribution is -0.305. The van der Waals surface area contributed by atoms with Crippen molar-refractivity contribution in [2.24, 2.45) is 0 Å². The number of aliphatic carboxylic acids is 1. The fourth-order valence-corrected chi connectivity index (χ4v) is 2.19. The van der Waals surface area contributed by atoms with Crippen molar-refractivity contribution in [3.05, 3.63) is 65.7 Å². The van der Waals surface area contributed by atoms with E-state index in [2.05, 4.69) is 4.98 Å². The Morgan fingerprint density at radius 3 is 2.50 bits per heavy atom. The summed E-state index contributed by atoms with van der Waals surface area (Å²) in [4.78, 5) is 13.1. The van der Waals surface area contributed by atoms with Crippen molar-refractivity contribution in [1.29, 1.82) is 0 Å². The third kappa shape index (κ3) is 5.05. The fraction of sp³-hybridized carbons (Fsp3) is 0.222. The average Bonchev–Trinajstić information content (AvgIpc) is 2.97. The predicted octanol–water partition coefficient (Wildman–Crippen LogP) is 3.39. The van der Waals surface area contributed by atoms with Gasteiger partial charge in [-0.2, -0.15) is 13.2 Å². The molecule has 0 unspecified atom stereocenters. The number of alkyl halides is 3. The highest BCUT2D eigenvalue weighted by Crippen LogP contribution is 2.30. The maximum absolute atomic E-state index is 13.1. The Labute approximate surface area is 146 Å². The zero-order chi connectivity index (χ0) is 19.3.